The van der Waals surface area contributed by atoms with Crippen LogP contribution in [0.15, 0.2) is 84.1 Å². The van der Waals surface area contributed by atoms with Crippen molar-refractivity contribution in [1.29, 1.82) is 0 Å². The summed E-state index contributed by atoms with van der Waals surface area (Å²) in [7, 11) is 1.64. The third kappa shape index (κ3) is 5.14. The number of hydrogen-bond acceptors (Lipinski definition) is 7. The molecule has 2 aromatic carbocycles. The molecule has 0 N–H and O–H groups in total. The van der Waals surface area contributed by atoms with Gasteiger partial charge in [-0.05, 0) is 48.5 Å². The van der Waals surface area contributed by atoms with Crippen LogP contribution in [0.5, 0.6) is 5.75 Å². The van der Waals surface area contributed by atoms with E-state index >= 15 is 0 Å². The Hall–Kier alpha value is -3.85. The maximum absolute atomic E-state index is 13.0. The highest BCUT2D eigenvalue weighted by Gasteiger charge is 2.23. The van der Waals surface area contributed by atoms with Gasteiger partial charge in [-0.1, -0.05) is 36.0 Å². The largest absolute Gasteiger partial charge is 0.497 e. The topological polar surface area (TPSA) is 76.4 Å². The SMILES string of the molecule is COc1ccc(-c2nnc(SCC(=O)N3CCN(c4ccccn4)CC3)n2-c2ccccc2)cc1. The maximum Gasteiger partial charge on any atom is 0.233 e. The van der Waals surface area contributed by atoms with Crippen LogP contribution in [0.3, 0.4) is 0 Å². The lowest BCUT2D eigenvalue weighted by Crippen LogP contribution is -2.49. The standard InChI is InChI=1S/C26H26N6O2S/c1-34-22-12-10-20(11-13-22)25-28-29-26(32(25)21-7-3-2-4-8-21)35-19-24(33)31-17-15-30(16-18-31)23-9-5-6-14-27-23/h2-14H,15-19H2,1H3. The zero-order chi connectivity index (χ0) is 24.0. The van der Waals surface area contributed by atoms with Gasteiger partial charge in [-0.15, -0.1) is 10.2 Å². The number of anilines is 1. The Labute approximate surface area is 208 Å². The number of thioether (sulfide) groups is 1. The van der Waals surface area contributed by atoms with Crippen LogP contribution in [0, 0.1) is 0 Å². The Morgan fingerprint density at radius 2 is 1.66 bits per heavy atom. The number of carbonyl (C=O) groups is 1. The number of carbonyl (C=O) groups excluding carboxylic acids is 1. The Balaban J connectivity index is 1.29. The molecule has 1 amide bonds. The lowest BCUT2D eigenvalue weighted by molar-refractivity contribution is -0.128. The molecule has 3 heterocycles. The molecule has 178 valence electrons. The predicted octanol–water partition coefficient (Wildman–Crippen LogP) is 3.78. The van der Waals surface area contributed by atoms with Crippen molar-refractivity contribution in [2.75, 3.05) is 43.9 Å². The number of pyridine rings is 1. The van der Waals surface area contributed by atoms with E-state index in [1.165, 1.54) is 11.8 Å². The van der Waals surface area contributed by atoms with Gasteiger partial charge in [0.25, 0.3) is 0 Å². The predicted molar refractivity (Wildman–Crippen MR) is 137 cm³/mol. The van der Waals surface area contributed by atoms with Gasteiger partial charge in [0.15, 0.2) is 11.0 Å². The van der Waals surface area contributed by atoms with Crippen LogP contribution in [-0.4, -0.2) is 69.6 Å². The minimum atomic E-state index is 0.101. The molecule has 4 aromatic rings. The van der Waals surface area contributed by atoms with E-state index in [0.29, 0.717) is 24.0 Å². The molecule has 1 fully saturated rings. The molecule has 0 aliphatic carbocycles. The fourth-order valence-corrected chi connectivity index (χ4v) is 4.90. The van der Waals surface area contributed by atoms with Crippen molar-refractivity contribution in [3.63, 3.8) is 0 Å². The molecular weight excluding hydrogens is 460 g/mol. The summed E-state index contributed by atoms with van der Waals surface area (Å²) < 4.78 is 7.28. The van der Waals surface area contributed by atoms with Gasteiger partial charge in [-0.2, -0.15) is 0 Å². The lowest BCUT2D eigenvalue weighted by atomic mass is 10.2. The summed E-state index contributed by atoms with van der Waals surface area (Å²) >= 11 is 1.41. The van der Waals surface area contributed by atoms with E-state index < -0.39 is 0 Å². The number of amides is 1. The summed E-state index contributed by atoms with van der Waals surface area (Å²) in [5.74, 6) is 2.86. The van der Waals surface area contributed by atoms with Gasteiger partial charge < -0.3 is 14.5 Å². The van der Waals surface area contributed by atoms with Crippen LogP contribution < -0.4 is 9.64 Å². The van der Waals surface area contributed by atoms with Crippen LogP contribution in [0.4, 0.5) is 5.82 Å². The summed E-state index contributed by atoms with van der Waals surface area (Å²) in [5.41, 5.74) is 1.87. The molecule has 35 heavy (non-hydrogen) atoms. The van der Waals surface area contributed by atoms with E-state index in [1.807, 2.05) is 82.3 Å². The van der Waals surface area contributed by atoms with Gasteiger partial charge in [-0.25, -0.2) is 4.98 Å². The van der Waals surface area contributed by atoms with Crippen LogP contribution >= 0.6 is 11.8 Å². The number of piperazine rings is 1. The van der Waals surface area contributed by atoms with Crippen LogP contribution in [0.25, 0.3) is 17.1 Å². The number of nitrogens with zero attached hydrogens (tertiary/aromatic N) is 6. The van der Waals surface area contributed by atoms with Gasteiger partial charge in [0.2, 0.25) is 5.91 Å². The lowest BCUT2D eigenvalue weighted by Gasteiger charge is -2.35. The molecule has 0 atom stereocenters. The monoisotopic (exact) mass is 486 g/mol. The van der Waals surface area contributed by atoms with Crippen molar-refractivity contribution < 1.29 is 9.53 Å². The summed E-state index contributed by atoms with van der Waals surface area (Å²) in [6.45, 7) is 2.90. The molecule has 0 spiro atoms. The average Bonchev–Trinajstić information content (AvgIpc) is 3.37. The number of rotatable bonds is 7. The van der Waals surface area contributed by atoms with Crippen molar-refractivity contribution in [1.82, 2.24) is 24.6 Å². The first-order chi connectivity index (χ1) is 17.2. The average molecular weight is 487 g/mol. The highest BCUT2D eigenvalue weighted by atomic mass is 32.2. The molecular formula is C26H26N6O2S. The molecule has 0 saturated carbocycles. The van der Waals surface area contributed by atoms with Crippen molar-refractivity contribution >= 4 is 23.5 Å². The second-order valence-electron chi connectivity index (χ2n) is 8.05. The van der Waals surface area contributed by atoms with Crippen molar-refractivity contribution in [2.24, 2.45) is 0 Å². The first-order valence-electron chi connectivity index (χ1n) is 11.4. The van der Waals surface area contributed by atoms with E-state index in [2.05, 4.69) is 20.1 Å². The highest BCUT2D eigenvalue weighted by Crippen LogP contribution is 2.29. The second-order valence-corrected chi connectivity index (χ2v) is 8.99. The zero-order valence-corrected chi connectivity index (χ0v) is 20.3. The number of hydrogen-bond donors (Lipinski definition) is 0. The smallest absolute Gasteiger partial charge is 0.233 e. The minimum absolute atomic E-state index is 0.101. The van der Waals surface area contributed by atoms with E-state index in [0.717, 1.165) is 41.7 Å². The van der Waals surface area contributed by atoms with E-state index in [-0.39, 0.29) is 5.91 Å². The van der Waals surface area contributed by atoms with E-state index in [9.17, 15) is 4.79 Å². The Kier molecular flexibility index (Phi) is 6.94. The first-order valence-corrected chi connectivity index (χ1v) is 12.4. The van der Waals surface area contributed by atoms with Crippen molar-refractivity contribution in [3.8, 4) is 22.8 Å². The van der Waals surface area contributed by atoms with Gasteiger partial charge >= 0.3 is 0 Å². The Bertz CT molecular complexity index is 1260. The number of aromatic nitrogens is 4. The molecule has 2 aromatic heterocycles. The van der Waals surface area contributed by atoms with E-state index in [1.54, 1.807) is 13.3 Å². The van der Waals surface area contributed by atoms with Crippen LogP contribution in [0.2, 0.25) is 0 Å². The fraction of sp³-hybridized carbons (Fsp3) is 0.231. The van der Waals surface area contributed by atoms with Crippen LogP contribution in [-0.2, 0) is 4.79 Å². The molecule has 9 heteroatoms. The fourth-order valence-electron chi connectivity index (χ4n) is 4.04. The Morgan fingerprint density at radius 1 is 0.914 bits per heavy atom. The normalized spacial score (nSPS) is 13.6. The number of para-hydroxylation sites is 1. The zero-order valence-electron chi connectivity index (χ0n) is 19.4. The third-order valence-corrected chi connectivity index (χ3v) is 6.84. The van der Waals surface area contributed by atoms with Gasteiger partial charge in [-0.3, -0.25) is 9.36 Å². The van der Waals surface area contributed by atoms with Gasteiger partial charge in [0.1, 0.15) is 11.6 Å². The highest BCUT2D eigenvalue weighted by molar-refractivity contribution is 7.99. The molecule has 0 bridgehead atoms. The summed E-state index contributed by atoms with van der Waals surface area (Å²) in [6.07, 6.45) is 1.80. The van der Waals surface area contributed by atoms with Crippen molar-refractivity contribution in [2.45, 2.75) is 5.16 Å². The molecule has 5 rings (SSSR count). The summed E-state index contributed by atoms with van der Waals surface area (Å²) in [6, 6.07) is 23.6. The quantitative estimate of drug-likeness (QED) is 0.368. The molecule has 0 unspecified atom stereocenters. The number of ether oxygens (including phenoxy) is 1. The molecule has 0 radical (unpaired) electrons. The van der Waals surface area contributed by atoms with E-state index in [4.69, 9.17) is 4.74 Å². The molecule has 1 aliphatic heterocycles. The summed E-state index contributed by atoms with van der Waals surface area (Å²) in [5, 5.41) is 9.59. The second kappa shape index (κ2) is 10.6. The van der Waals surface area contributed by atoms with Gasteiger partial charge in [0.05, 0.1) is 12.9 Å². The minimum Gasteiger partial charge on any atom is -0.497 e. The molecule has 1 aliphatic rings. The van der Waals surface area contributed by atoms with Crippen molar-refractivity contribution in [3.05, 3.63) is 79.0 Å². The Morgan fingerprint density at radius 3 is 2.34 bits per heavy atom. The van der Waals surface area contributed by atoms with Gasteiger partial charge in [0, 0.05) is 43.6 Å². The number of benzene rings is 2. The third-order valence-electron chi connectivity index (χ3n) is 5.93. The summed E-state index contributed by atoms with van der Waals surface area (Å²) in [4.78, 5) is 21.6. The first kappa shape index (κ1) is 22.9. The maximum atomic E-state index is 13.0. The van der Waals surface area contributed by atoms with Crippen LogP contribution in [0.1, 0.15) is 0 Å². The number of methoxy groups -OCH3 is 1. The molecule has 1 saturated heterocycles. The molecule has 8 nitrogen and oxygen atoms in total.